The van der Waals surface area contributed by atoms with Crippen LogP contribution in [0.1, 0.15) is 4.88 Å². The molecule has 0 aliphatic rings. The smallest absolute Gasteiger partial charge is 0.259 e. The number of fused-ring (bicyclic) bond motifs is 1. The van der Waals surface area contributed by atoms with Crippen LogP contribution in [0.25, 0.3) is 21.7 Å². The van der Waals surface area contributed by atoms with Crippen LogP contribution in [0.5, 0.6) is 0 Å². The summed E-state index contributed by atoms with van der Waals surface area (Å²) >= 11 is 1.50. The summed E-state index contributed by atoms with van der Waals surface area (Å²) in [5.74, 6) is 0.478. The molecule has 0 radical (unpaired) electrons. The van der Waals surface area contributed by atoms with Gasteiger partial charge in [-0.3, -0.25) is 4.79 Å². The van der Waals surface area contributed by atoms with E-state index in [1.165, 1.54) is 17.7 Å². The summed E-state index contributed by atoms with van der Waals surface area (Å²) in [6.07, 6.45) is 3.05. The number of hydrogen-bond acceptors (Lipinski definition) is 5. The molecule has 17 heavy (non-hydrogen) atoms. The third kappa shape index (κ3) is 1.72. The Morgan fingerprint density at radius 3 is 3.06 bits per heavy atom. The van der Waals surface area contributed by atoms with E-state index in [1.54, 1.807) is 12.3 Å². The molecule has 0 atom stereocenters. The SMILES string of the molecule is Cc1cc2c(=O)[nH]c(-c3ccncn3)nc2s1. The zero-order valence-electron chi connectivity index (χ0n) is 8.97. The zero-order chi connectivity index (χ0) is 11.8. The first-order chi connectivity index (χ1) is 8.24. The van der Waals surface area contributed by atoms with Gasteiger partial charge >= 0.3 is 0 Å². The van der Waals surface area contributed by atoms with E-state index >= 15 is 0 Å². The van der Waals surface area contributed by atoms with Gasteiger partial charge in [0.1, 0.15) is 16.9 Å². The summed E-state index contributed by atoms with van der Waals surface area (Å²) in [5.41, 5.74) is 0.484. The Kier molecular flexibility index (Phi) is 2.22. The Morgan fingerprint density at radius 2 is 2.29 bits per heavy atom. The van der Waals surface area contributed by atoms with Gasteiger partial charge in [-0.1, -0.05) is 0 Å². The molecule has 0 bridgehead atoms. The Bertz CT molecular complexity index is 732. The van der Waals surface area contributed by atoms with Gasteiger partial charge in [-0.15, -0.1) is 11.3 Å². The van der Waals surface area contributed by atoms with Gasteiger partial charge in [-0.05, 0) is 19.1 Å². The van der Waals surface area contributed by atoms with Crippen LogP contribution in [0, 0.1) is 6.92 Å². The molecule has 3 aromatic rings. The van der Waals surface area contributed by atoms with Gasteiger partial charge in [-0.2, -0.15) is 0 Å². The molecule has 0 saturated heterocycles. The van der Waals surface area contributed by atoms with Crippen molar-refractivity contribution >= 4 is 21.6 Å². The van der Waals surface area contributed by atoms with Crippen LogP contribution in [-0.4, -0.2) is 19.9 Å². The number of aromatic nitrogens is 4. The molecule has 1 N–H and O–H groups in total. The minimum Gasteiger partial charge on any atom is -0.305 e. The molecular weight excluding hydrogens is 236 g/mol. The summed E-state index contributed by atoms with van der Waals surface area (Å²) in [7, 11) is 0. The van der Waals surface area contributed by atoms with E-state index in [2.05, 4.69) is 19.9 Å². The van der Waals surface area contributed by atoms with E-state index in [4.69, 9.17) is 0 Å². The maximum Gasteiger partial charge on any atom is 0.259 e. The van der Waals surface area contributed by atoms with Crippen molar-refractivity contribution in [2.45, 2.75) is 6.92 Å². The lowest BCUT2D eigenvalue weighted by atomic mass is 10.3. The first kappa shape index (κ1) is 10.1. The Morgan fingerprint density at radius 1 is 1.41 bits per heavy atom. The van der Waals surface area contributed by atoms with Gasteiger partial charge in [0.15, 0.2) is 5.82 Å². The first-order valence-corrected chi connectivity index (χ1v) is 5.82. The minimum absolute atomic E-state index is 0.132. The highest BCUT2D eigenvalue weighted by atomic mass is 32.1. The molecular formula is C11H8N4OS. The molecule has 3 rings (SSSR count). The molecule has 5 nitrogen and oxygen atoms in total. The van der Waals surface area contributed by atoms with E-state index in [0.29, 0.717) is 16.9 Å². The highest BCUT2D eigenvalue weighted by Crippen LogP contribution is 2.21. The van der Waals surface area contributed by atoms with Crippen molar-refractivity contribution < 1.29 is 0 Å². The number of nitrogens with one attached hydrogen (secondary N) is 1. The van der Waals surface area contributed by atoms with Crippen molar-refractivity contribution in [1.82, 2.24) is 19.9 Å². The van der Waals surface area contributed by atoms with Gasteiger partial charge in [0.25, 0.3) is 5.56 Å². The lowest BCUT2D eigenvalue weighted by Crippen LogP contribution is -2.08. The number of thiophene rings is 1. The summed E-state index contributed by atoms with van der Waals surface area (Å²) in [6.45, 7) is 1.95. The van der Waals surface area contributed by atoms with Gasteiger partial charge in [0, 0.05) is 11.1 Å². The van der Waals surface area contributed by atoms with Crippen molar-refractivity contribution in [3.8, 4) is 11.5 Å². The van der Waals surface area contributed by atoms with Crippen molar-refractivity contribution in [3.05, 3.63) is 39.9 Å². The number of H-pyrrole nitrogens is 1. The van der Waals surface area contributed by atoms with Crippen LogP contribution in [0.4, 0.5) is 0 Å². The fourth-order valence-corrected chi connectivity index (χ4v) is 2.48. The van der Waals surface area contributed by atoms with E-state index in [0.717, 1.165) is 9.71 Å². The second-order valence-corrected chi connectivity index (χ2v) is 4.82. The summed E-state index contributed by atoms with van der Waals surface area (Å²) in [4.78, 5) is 28.7. The second-order valence-electron chi connectivity index (χ2n) is 3.59. The fraction of sp³-hybridized carbons (Fsp3) is 0.0909. The number of nitrogens with zero attached hydrogens (tertiary/aromatic N) is 3. The highest BCUT2D eigenvalue weighted by Gasteiger charge is 2.08. The normalized spacial score (nSPS) is 10.9. The number of rotatable bonds is 1. The van der Waals surface area contributed by atoms with Crippen LogP contribution in [0.2, 0.25) is 0 Å². The first-order valence-electron chi connectivity index (χ1n) is 5.01. The monoisotopic (exact) mass is 244 g/mol. The van der Waals surface area contributed by atoms with E-state index in [1.807, 2.05) is 13.0 Å². The molecule has 0 fully saturated rings. The molecule has 3 aromatic heterocycles. The predicted octanol–water partition coefficient (Wildman–Crippen LogP) is 1.75. The molecule has 0 aromatic carbocycles. The second kappa shape index (κ2) is 3.74. The van der Waals surface area contributed by atoms with Crippen LogP contribution in [0.15, 0.2) is 29.5 Å². The van der Waals surface area contributed by atoms with Crippen LogP contribution in [-0.2, 0) is 0 Å². The molecule has 0 unspecified atom stereocenters. The van der Waals surface area contributed by atoms with Crippen molar-refractivity contribution in [2.75, 3.05) is 0 Å². The van der Waals surface area contributed by atoms with Crippen LogP contribution < -0.4 is 5.56 Å². The van der Waals surface area contributed by atoms with E-state index in [-0.39, 0.29) is 5.56 Å². The standard InChI is InChI=1S/C11H8N4OS/c1-6-4-7-10(16)14-9(15-11(7)17-6)8-2-3-12-5-13-8/h2-5H,1H3,(H,14,15,16). The van der Waals surface area contributed by atoms with Crippen LogP contribution in [0.3, 0.4) is 0 Å². The lowest BCUT2D eigenvalue weighted by Gasteiger charge is -1.98. The summed E-state index contributed by atoms with van der Waals surface area (Å²) in [6, 6.07) is 3.56. The molecule has 0 aliphatic heterocycles. The summed E-state index contributed by atoms with van der Waals surface area (Å²) in [5, 5.41) is 0.630. The molecule has 84 valence electrons. The largest absolute Gasteiger partial charge is 0.305 e. The average molecular weight is 244 g/mol. The molecule has 0 spiro atoms. The Balaban J connectivity index is 2.29. The number of aryl methyl sites for hydroxylation is 1. The fourth-order valence-electron chi connectivity index (χ4n) is 1.60. The average Bonchev–Trinajstić information content (AvgIpc) is 2.71. The third-order valence-corrected chi connectivity index (χ3v) is 3.29. The quantitative estimate of drug-likeness (QED) is 0.708. The van der Waals surface area contributed by atoms with Gasteiger partial charge in [0.05, 0.1) is 5.39 Å². The Labute approximate surface area is 100 Å². The summed E-state index contributed by atoms with van der Waals surface area (Å²) < 4.78 is 0. The van der Waals surface area contributed by atoms with Crippen molar-refractivity contribution in [1.29, 1.82) is 0 Å². The zero-order valence-corrected chi connectivity index (χ0v) is 9.78. The van der Waals surface area contributed by atoms with Crippen LogP contribution >= 0.6 is 11.3 Å². The molecule has 3 heterocycles. The van der Waals surface area contributed by atoms with Gasteiger partial charge in [0.2, 0.25) is 0 Å². The maximum absolute atomic E-state index is 11.9. The maximum atomic E-state index is 11.9. The topological polar surface area (TPSA) is 71.5 Å². The lowest BCUT2D eigenvalue weighted by molar-refractivity contribution is 1.11. The van der Waals surface area contributed by atoms with Crippen molar-refractivity contribution in [2.24, 2.45) is 0 Å². The molecule has 6 heteroatoms. The minimum atomic E-state index is -0.132. The number of hydrogen-bond donors (Lipinski definition) is 1. The van der Waals surface area contributed by atoms with E-state index < -0.39 is 0 Å². The van der Waals surface area contributed by atoms with E-state index in [9.17, 15) is 4.79 Å². The highest BCUT2D eigenvalue weighted by molar-refractivity contribution is 7.18. The molecule has 0 aliphatic carbocycles. The number of aromatic amines is 1. The predicted molar refractivity (Wildman–Crippen MR) is 66.0 cm³/mol. The van der Waals surface area contributed by atoms with Gasteiger partial charge < -0.3 is 4.98 Å². The third-order valence-electron chi connectivity index (χ3n) is 2.35. The van der Waals surface area contributed by atoms with Gasteiger partial charge in [-0.25, -0.2) is 15.0 Å². The molecule has 0 saturated carbocycles. The Hall–Kier alpha value is -2.08. The molecule has 0 amide bonds. The van der Waals surface area contributed by atoms with Crippen molar-refractivity contribution in [3.63, 3.8) is 0 Å².